The van der Waals surface area contributed by atoms with E-state index >= 15 is 0 Å². The number of carbonyl (C=O) groups excluding carboxylic acids is 1. The Hall–Kier alpha value is -2.85. The van der Waals surface area contributed by atoms with E-state index in [-0.39, 0.29) is 31.4 Å². The van der Waals surface area contributed by atoms with Gasteiger partial charge in [0.1, 0.15) is 16.6 Å². The molecule has 5 nitrogen and oxygen atoms in total. The van der Waals surface area contributed by atoms with E-state index in [9.17, 15) is 22.8 Å². The first kappa shape index (κ1) is 28.2. The first-order chi connectivity index (χ1) is 17.5. The van der Waals surface area contributed by atoms with E-state index in [0.717, 1.165) is 40.6 Å². The molecule has 0 unspecified atom stereocenters. The standard InChI is InChI=1S/C28H28F3NO4S2/c1-15-10-19-20(27(4,5)9-8-26(19,2)3)13-17(15)18-11-16(6-7-21(18)36-28(29,30)31)12-22-24(35)32(14-23(33)34)25(37)38-22/h6-7,10-13H,8-9,14H2,1-5H3,(H,33,34)/b22-12+. The van der Waals surface area contributed by atoms with E-state index in [1.165, 1.54) is 23.8 Å². The number of benzene rings is 2. The van der Waals surface area contributed by atoms with E-state index in [2.05, 4.69) is 38.5 Å². The van der Waals surface area contributed by atoms with Gasteiger partial charge in [-0.3, -0.25) is 14.5 Å². The topological polar surface area (TPSA) is 66.8 Å². The van der Waals surface area contributed by atoms with Gasteiger partial charge in [0, 0.05) is 5.56 Å². The molecule has 0 atom stereocenters. The van der Waals surface area contributed by atoms with Crippen LogP contribution in [0.3, 0.4) is 0 Å². The van der Waals surface area contributed by atoms with Crippen LogP contribution in [0, 0.1) is 6.92 Å². The van der Waals surface area contributed by atoms with Crippen LogP contribution in [0.2, 0.25) is 0 Å². The van der Waals surface area contributed by atoms with Gasteiger partial charge in [-0.15, -0.1) is 13.2 Å². The molecule has 0 radical (unpaired) electrons. The molecule has 0 saturated carbocycles. The number of carboxylic acids is 1. The summed E-state index contributed by atoms with van der Waals surface area (Å²) >= 11 is 6.09. The fraction of sp³-hybridized carbons (Fsp3) is 0.393. The lowest BCUT2D eigenvalue weighted by atomic mass is 9.62. The number of rotatable bonds is 5. The molecule has 2 aliphatic rings. The van der Waals surface area contributed by atoms with Gasteiger partial charge in [0.25, 0.3) is 5.91 Å². The third kappa shape index (κ3) is 5.61. The highest BCUT2D eigenvalue weighted by Crippen LogP contribution is 2.49. The van der Waals surface area contributed by atoms with Gasteiger partial charge in [-0.25, -0.2) is 0 Å². The molecule has 38 heavy (non-hydrogen) atoms. The largest absolute Gasteiger partial charge is 0.573 e. The minimum atomic E-state index is -4.89. The number of halogens is 3. The lowest BCUT2D eigenvalue weighted by Gasteiger charge is -2.42. The molecule has 2 aromatic rings. The first-order valence-electron chi connectivity index (χ1n) is 12.0. The molecule has 2 aromatic carbocycles. The molecule has 10 heteroatoms. The van der Waals surface area contributed by atoms with E-state index in [0.29, 0.717) is 11.1 Å². The van der Waals surface area contributed by atoms with Gasteiger partial charge in [-0.05, 0) is 82.7 Å². The number of fused-ring (bicyclic) bond motifs is 1. The molecule has 1 saturated heterocycles. The molecule has 1 amide bonds. The summed E-state index contributed by atoms with van der Waals surface area (Å²) < 4.78 is 44.6. The van der Waals surface area contributed by atoms with Crippen molar-refractivity contribution in [1.29, 1.82) is 0 Å². The van der Waals surface area contributed by atoms with Gasteiger partial charge in [-0.1, -0.05) is 63.8 Å². The predicted molar refractivity (Wildman–Crippen MR) is 146 cm³/mol. The average molecular weight is 564 g/mol. The van der Waals surface area contributed by atoms with Gasteiger partial charge in [-0.2, -0.15) is 0 Å². The highest BCUT2D eigenvalue weighted by Gasteiger charge is 2.38. The molecule has 4 rings (SSSR count). The Bertz CT molecular complexity index is 1380. The predicted octanol–water partition coefficient (Wildman–Crippen LogP) is 7.20. The number of alkyl halides is 3. The molecule has 1 fully saturated rings. The number of hydrogen-bond donors (Lipinski definition) is 1. The first-order valence-corrected chi connectivity index (χ1v) is 13.2. The Morgan fingerprint density at radius 2 is 1.71 bits per heavy atom. The quantitative estimate of drug-likeness (QED) is 0.307. The lowest BCUT2D eigenvalue weighted by molar-refractivity contribution is -0.274. The van der Waals surface area contributed by atoms with Gasteiger partial charge in [0.15, 0.2) is 0 Å². The van der Waals surface area contributed by atoms with E-state index in [1.807, 2.05) is 13.0 Å². The number of aliphatic carboxylic acids is 1. The van der Waals surface area contributed by atoms with Crippen LogP contribution in [0.25, 0.3) is 17.2 Å². The maximum atomic E-state index is 13.4. The molecule has 1 aliphatic carbocycles. The van der Waals surface area contributed by atoms with Gasteiger partial charge >= 0.3 is 12.3 Å². The number of amides is 1. The second-order valence-corrected chi connectivity index (χ2v) is 12.6. The van der Waals surface area contributed by atoms with Crippen molar-refractivity contribution in [3.8, 4) is 16.9 Å². The molecule has 0 aromatic heterocycles. The van der Waals surface area contributed by atoms with Crippen molar-refractivity contribution in [1.82, 2.24) is 4.90 Å². The Morgan fingerprint density at radius 1 is 1.11 bits per heavy atom. The van der Waals surface area contributed by atoms with Crippen LogP contribution >= 0.6 is 24.0 Å². The van der Waals surface area contributed by atoms with Gasteiger partial charge in [0.2, 0.25) is 0 Å². The van der Waals surface area contributed by atoms with Crippen LogP contribution in [-0.4, -0.2) is 39.1 Å². The lowest BCUT2D eigenvalue weighted by Crippen LogP contribution is -2.34. The fourth-order valence-electron chi connectivity index (χ4n) is 5.00. The normalized spacial score (nSPS) is 19.6. The summed E-state index contributed by atoms with van der Waals surface area (Å²) in [6.45, 7) is 9.95. The van der Waals surface area contributed by atoms with Crippen LogP contribution in [-0.2, 0) is 20.4 Å². The van der Waals surface area contributed by atoms with Crippen LogP contribution in [0.5, 0.6) is 5.75 Å². The van der Waals surface area contributed by atoms with Crippen LogP contribution in [0.15, 0.2) is 35.2 Å². The van der Waals surface area contributed by atoms with Crippen molar-refractivity contribution < 1.29 is 32.6 Å². The van der Waals surface area contributed by atoms with E-state index < -0.39 is 24.8 Å². The number of ether oxygens (including phenoxy) is 1. The molecule has 1 N–H and O–H groups in total. The molecule has 1 heterocycles. The summed E-state index contributed by atoms with van der Waals surface area (Å²) in [5.74, 6) is -2.11. The third-order valence-corrected chi connectivity index (χ3v) is 8.56. The molecule has 0 spiro atoms. The second-order valence-electron chi connectivity index (χ2n) is 10.9. The van der Waals surface area contributed by atoms with Crippen molar-refractivity contribution in [2.75, 3.05) is 6.54 Å². The Morgan fingerprint density at radius 3 is 2.29 bits per heavy atom. The highest BCUT2D eigenvalue weighted by molar-refractivity contribution is 8.26. The van der Waals surface area contributed by atoms with Crippen LogP contribution in [0.1, 0.15) is 62.8 Å². The Labute approximate surface area is 229 Å². The van der Waals surface area contributed by atoms with Crippen LogP contribution < -0.4 is 4.74 Å². The minimum absolute atomic E-state index is 0.0635. The van der Waals surface area contributed by atoms with E-state index in [4.69, 9.17) is 17.3 Å². The second kappa shape index (κ2) is 9.72. The summed E-state index contributed by atoms with van der Waals surface area (Å²) in [5.41, 5.74) is 4.19. The molecular formula is C28H28F3NO4S2. The van der Waals surface area contributed by atoms with Crippen molar-refractivity contribution in [3.63, 3.8) is 0 Å². The number of thioether (sulfide) groups is 1. The van der Waals surface area contributed by atoms with Crippen LogP contribution in [0.4, 0.5) is 13.2 Å². The molecular weight excluding hydrogens is 535 g/mol. The highest BCUT2D eigenvalue weighted by atomic mass is 32.2. The zero-order valence-electron chi connectivity index (χ0n) is 21.7. The monoisotopic (exact) mass is 563 g/mol. The zero-order chi connectivity index (χ0) is 28.2. The Balaban J connectivity index is 1.86. The minimum Gasteiger partial charge on any atom is -0.480 e. The SMILES string of the molecule is Cc1cc2c(cc1-c1cc(/C=C3/SC(=S)N(CC(=O)O)C3=O)ccc1OC(F)(F)F)C(C)(C)CCC2(C)C. The summed E-state index contributed by atoms with van der Waals surface area (Å²) in [7, 11) is 0. The number of carbonyl (C=O) groups is 2. The number of thiocarbonyl (C=S) groups is 1. The van der Waals surface area contributed by atoms with Gasteiger partial charge in [0.05, 0.1) is 4.91 Å². The summed E-state index contributed by atoms with van der Waals surface area (Å²) in [6.07, 6.45) is -1.44. The number of nitrogens with zero attached hydrogens (tertiary/aromatic N) is 1. The maximum absolute atomic E-state index is 13.4. The maximum Gasteiger partial charge on any atom is 0.573 e. The Kier molecular flexibility index (Phi) is 7.20. The van der Waals surface area contributed by atoms with Crippen molar-refractivity contribution in [3.05, 3.63) is 57.5 Å². The average Bonchev–Trinajstić information content (AvgIpc) is 3.04. The fourth-order valence-corrected chi connectivity index (χ4v) is 6.25. The molecule has 1 aliphatic heterocycles. The molecule has 202 valence electrons. The van der Waals surface area contributed by atoms with Gasteiger partial charge < -0.3 is 9.84 Å². The van der Waals surface area contributed by atoms with Crippen molar-refractivity contribution in [2.24, 2.45) is 0 Å². The smallest absolute Gasteiger partial charge is 0.480 e. The third-order valence-electron chi connectivity index (χ3n) is 7.18. The van der Waals surface area contributed by atoms with Crippen molar-refractivity contribution in [2.45, 2.75) is 64.7 Å². The van der Waals surface area contributed by atoms with E-state index in [1.54, 1.807) is 6.07 Å². The number of carboxylic acid groups (broad SMARTS) is 1. The molecule has 0 bridgehead atoms. The van der Waals surface area contributed by atoms with Crippen molar-refractivity contribution >= 4 is 46.3 Å². The number of hydrogen-bond acceptors (Lipinski definition) is 5. The summed E-state index contributed by atoms with van der Waals surface area (Å²) in [6, 6.07) is 8.25. The number of aryl methyl sites for hydroxylation is 1. The summed E-state index contributed by atoms with van der Waals surface area (Å²) in [4.78, 5) is 25.0. The zero-order valence-corrected chi connectivity index (χ0v) is 23.3. The summed E-state index contributed by atoms with van der Waals surface area (Å²) in [5, 5.41) is 9.06.